The summed E-state index contributed by atoms with van der Waals surface area (Å²) in [6, 6.07) is 11.7. The molecule has 1 atom stereocenters. The van der Waals surface area contributed by atoms with E-state index >= 15 is 0 Å². The Hall–Kier alpha value is -2.07. The van der Waals surface area contributed by atoms with E-state index in [9.17, 15) is 5.11 Å². The van der Waals surface area contributed by atoms with E-state index in [1.807, 2.05) is 48.3 Å². The van der Waals surface area contributed by atoms with Crippen LogP contribution in [0.1, 0.15) is 12.5 Å². The Morgan fingerprint density at radius 1 is 1.26 bits per heavy atom. The molecule has 0 aromatic heterocycles. The Morgan fingerprint density at radius 3 is 2.47 bits per heavy atom. The number of likely N-dealkylation sites (N-methyl/N-ethyl adjacent to an activating group) is 1. The minimum atomic E-state index is -0.392. The topological polar surface area (TPSA) is 73.3 Å². The number of aliphatic hydroxyl groups excluding tert-OH is 1. The SMILES string of the molecule is CC(O)CN(C)c1ccc(C(=N)N)c2ccccc12. The molecule has 0 aliphatic heterocycles. The van der Waals surface area contributed by atoms with E-state index in [1.54, 1.807) is 6.92 Å². The molecule has 0 fully saturated rings. The van der Waals surface area contributed by atoms with Gasteiger partial charge in [-0.1, -0.05) is 24.3 Å². The number of hydrogen-bond donors (Lipinski definition) is 3. The molecular formula is C15H19N3O. The maximum atomic E-state index is 9.50. The first-order valence-electron chi connectivity index (χ1n) is 6.26. The average Bonchev–Trinajstić information content (AvgIpc) is 2.36. The molecule has 2 aromatic rings. The lowest BCUT2D eigenvalue weighted by atomic mass is 10.0. The number of nitrogen functional groups attached to an aromatic ring is 1. The van der Waals surface area contributed by atoms with Gasteiger partial charge in [0, 0.05) is 30.2 Å². The molecule has 2 aromatic carbocycles. The van der Waals surface area contributed by atoms with E-state index in [1.165, 1.54) is 0 Å². The van der Waals surface area contributed by atoms with E-state index in [0.717, 1.165) is 22.0 Å². The number of nitrogens with one attached hydrogen (secondary N) is 1. The lowest BCUT2D eigenvalue weighted by Crippen LogP contribution is -2.27. The van der Waals surface area contributed by atoms with E-state index in [0.29, 0.717) is 6.54 Å². The summed E-state index contributed by atoms with van der Waals surface area (Å²) >= 11 is 0. The second-order valence-corrected chi connectivity index (χ2v) is 4.82. The summed E-state index contributed by atoms with van der Waals surface area (Å²) in [4.78, 5) is 2.01. The third-order valence-corrected chi connectivity index (χ3v) is 3.14. The molecule has 0 bridgehead atoms. The zero-order valence-corrected chi connectivity index (χ0v) is 11.2. The van der Waals surface area contributed by atoms with Crippen LogP contribution in [0.25, 0.3) is 10.8 Å². The standard InChI is InChI=1S/C15H19N3O/c1-10(19)9-18(2)14-8-7-13(15(16)17)11-5-3-4-6-12(11)14/h3-8,10,19H,9H2,1-2H3,(H3,16,17). The lowest BCUT2D eigenvalue weighted by molar-refractivity contribution is 0.202. The van der Waals surface area contributed by atoms with Gasteiger partial charge >= 0.3 is 0 Å². The van der Waals surface area contributed by atoms with Crippen LogP contribution in [0.3, 0.4) is 0 Å². The molecule has 0 aliphatic rings. The van der Waals surface area contributed by atoms with Crippen LogP contribution >= 0.6 is 0 Å². The number of aliphatic hydroxyl groups is 1. The zero-order chi connectivity index (χ0) is 14.0. The fraction of sp³-hybridized carbons (Fsp3) is 0.267. The first-order chi connectivity index (χ1) is 9.00. The number of fused-ring (bicyclic) bond motifs is 1. The van der Waals surface area contributed by atoms with E-state index in [4.69, 9.17) is 11.1 Å². The predicted molar refractivity (Wildman–Crippen MR) is 79.9 cm³/mol. The summed E-state index contributed by atoms with van der Waals surface area (Å²) in [7, 11) is 1.95. The van der Waals surface area contributed by atoms with E-state index in [-0.39, 0.29) is 5.84 Å². The molecule has 0 radical (unpaired) electrons. The number of rotatable bonds is 4. The second-order valence-electron chi connectivity index (χ2n) is 4.82. The van der Waals surface area contributed by atoms with Crippen LogP contribution in [0.5, 0.6) is 0 Å². The number of nitrogens with zero attached hydrogens (tertiary/aromatic N) is 1. The molecule has 4 nitrogen and oxygen atoms in total. The van der Waals surface area contributed by atoms with Crippen molar-refractivity contribution in [2.75, 3.05) is 18.5 Å². The van der Waals surface area contributed by atoms with Crippen molar-refractivity contribution in [3.05, 3.63) is 42.0 Å². The molecule has 0 spiro atoms. The Balaban J connectivity index is 2.58. The molecule has 0 aliphatic carbocycles. The van der Waals surface area contributed by atoms with Crippen LogP contribution in [-0.2, 0) is 0 Å². The Kier molecular flexibility index (Phi) is 3.71. The first kappa shape index (κ1) is 13.4. The molecule has 0 heterocycles. The number of amidine groups is 1. The summed E-state index contributed by atoms with van der Waals surface area (Å²) in [5.74, 6) is 0.0703. The third-order valence-electron chi connectivity index (χ3n) is 3.14. The number of hydrogen-bond acceptors (Lipinski definition) is 3. The van der Waals surface area contributed by atoms with Crippen molar-refractivity contribution in [1.82, 2.24) is 0 Å². The van der Waals surface area contributed by atoms with Gasteiger partial charge < -0.3 is 15.7 Å². The largest absolute Gasteiger partial charge is 0.392 e. The normalized spacial score (nSPS) is 12.4. The van der Waals surface area contributed by atoms with Crippen molar-refractivity contribution in [3.8, 4) is 0 Å². The van der Waals surface area contributed by atoms with Gasteiger partial charge in [-0.15, -0.1) is 0 Å². The van der Waals surface area contributed by atoms with Gasteiger partial charge in [0.1, 0.15) is 5.84 Å². The van der Waals surface area contributed by atoms with E-state index < -0.39 is 6.10 Å². The summed E-state index contributed by atoms with van der Waals surface area (Å²) < 4.78 is 0. The highest BCUT2D eigenvalue weighted by atomic mass is 16.3. The lowest BCUT2D eigenvalue weighted by Gasteiger charge is -2.23. The van der Waals surface area contributed by atoms with Gasteiger partial charge in [0.15, 0.2) is 0 Å². The maximum Gasteiger partial charge on any atom is 0.123 e. The quantitative estimate of drug-likeness (QED) is 0.579. The van der Waals surface area contributed by atoms with Crippen LogP contribution < -0.4 is 10.6 Å². The smallest absolute Gasteiger partial charge is 0.123 e. The van der Waals surface area contributed by atoms with Gasteiger partial charge in [-0.05, 0) is 24.4 Å². The van der Waals surface area contributed by atoms with Gasteiger partial charge in [-0.2, -0.15) is 0 Å². The van der Waals surface area contributed by atoms with Crippen molar-refractivity contribution >= 4 is 22.3 Å². The van der Waals surface area contributed by atoms with Crippen LogP contribution in [0, 0.1) is 5.41 Å². The average molecular weight is 257 g/mol. The van der Waals surface area contributed by atoms with Crippen molar-refractivity contribution in [3.63, 3.8) is 0 Å². The molecule has 4 N–H and O–H groups in total. The van der Waals surface area contributed by atoms with Crippen molar-refractivity contribution < 1.29 is 5.11 Å². The monoisotopic (exact) mass is 257 g/mol. The number of anilines is 1. The van der Waals surface area contributed by atoms with Gasteiger partial charge in [0.25, 0.3) is 0 Å². The Bertz CT molecular complexity index is 607. The van der Waals surface area contributed by atoms with Crippen molar-refractivity contribution in [2.24, 2.45) is 5.73 Å². The molecule has 4 heteroatoms. The summed E-state index contributed by atoms with van der Waals surface area (Å²) in [5, 5.41) is 19.1. The summed E-state index contributed by atoms with van der Waals surface area (Å²) in [5.41, 5.74) is 7.39. The highest BCUT2D eigenvalue weighted by Crippen LogP contribution is 2.28. The molecule has 2 rings (SSSR count). The van der Waals surface area contributed by atoms with E-state index in [2.05, 4.69) is 0 Å². The minimum absolute atomic E-state index is 0.0703. The van der Waals surface area contributed by atoms with Crippen molar-refractivity contribution in [1.29, 1.82) is 5.41 Å². The van der Waals surface area contributed by atoms with Gasteiger partial charge in [-0.25, -0.2) is 0 Å². The maximum absolute atomic E-state index is 9.50. The molecule has 0 saturated heterocycles. The number of nitrogens with two attached hydrogens (primary N) is 1. The highest BCUT2D eigenvalue weighted by Gasteiger charge is 2.11. The van der Waals surface area contributed by atoms with Crippen LogP contribution in [0.15, 0.2) is 36.4 Å². The predicted octanol–water partition coefficient (Wildman–Crippen LogP) is 1.94. The Labute approximate surface area is 113 Å². The molecular weight excluding hydrogens is 238 g/mol. The summed E-state index contributed by atoms with van der Waals surface area (Å²) in [6.07, 6.45) is -0.392. The highest BCUT2D eigenvalue weighted by molar-refractivity contribution is 6.10. The molecule has 0 saturated carbocycles. The first-order valence-corrected chi connectivity index (χ1v) is 6.26. The molecule has 1 unspecified atom stereocenters. The van der Waals surface area contributed by atoms with Crippen LogP contribution in [-0.4, -0.2) is 30.6 Å². The second kappa shape index (κ2) is 5.28. The number of benzene rings is 2. The van der Waals surface area contributed by atoms with Crippen molar-refractivity contribution in [2.45, 2.75) is 13.0 Å². The van der Waals surface area contributed by atoms with Gasteiger partial charge in [-0.3, -0.25) is 5.41 Å². The fourth-order valence-corrected chi connectivity index (χ4v) is 2.35. The molecule has 0 amide bonds. The Morgan fingerprint density at radius 2 is 1.89 bits per heavy atom. The van der Waals surface area contributed by atoms with Gasteiger partial charge in [0.2, 0.25) is 0 Å². The van der Waals surface area contributed by atoms with Crippen LogP contribution in [0.2, 0.25) is 0 Å². The molecule has 100 valence electrons. The minimum Gasteiger partial charge on any atom is -0.392 e. The third kappa shape index (κ3) is 2.69. The summed E-state index contributed by atoms with van der Waals surface area (Å²) in [6.45, 7) is 2.33. The van der Waals surface area contributed by atoms with Crippen LogP contribution in [0.4, 0.5) is 5.69 Å². The fourth-order valence-electron chi connectivity index (χ4n) is 2.35. The zero-order valence-electron chi connectivity index (χ0n) is 11.2. The van der Waals surface area contributed by atoms with Gasteiger partial charge in [0.05, 0.1) is 6.10 Å². The molecule has 19 heavy (non-hydrogen) atoms.